The van der Waals surface area contributed by atoms with Crippen molar-refractivity contribution in [3.63, 3.8) is 0 Å². The maximum absolute atomic E-state index is 13.5. The van der Waals surface area contributed by atoms with Crippen molar-refractivity contribution < 1.29 is 23.9 Å². The van der Waals surface area contributed by atoms with Crippen molar-refractivity contribution >= 4 is 23.6 Å². The molecule has 0 unspecified atom stereocenters. The molecular weight excluding hydrogens is 446 g/mol. The van der Waals surface area contributed by atoms with Crippen molar-refractivity contribution in [3.8, 4) is 5.75 Å². The van der Waals surface area contributed by atoms with Gasteiger partial charge in [0.15, 0.2) is 0 Å². The average Bonchev–Trinajstić information content (AvgIpc) is 3.12. The Morgan fingerprint density at radius 2 is 1.66 bits per heavy atom. The van der Waals surface area contributed by atoms with Gasteiger partial charge in [-0.25, -0.2) is 0 Å². The highest BCUT2D eigenvalue weighted by atomic mass is 16.5. The monoisotopic (exact) mass is 483 g/mol. The summed E-state index contributed by atoms with van der Waals surface area (Å²) in [6.07, 6.45) is 6.23. The standard InChI is InChI=1S/C27H37N3O5/c1-5-18(3)28-25(32)23(6-2)30(17-19-11-13-20(35-4)14-12-19)24(31)15-16-29-26(33)21-9-7-8-10-22(21)27(29)34/h7-8,11-14,18,21-23H,5-6,9-10,15-17H2,1-4H3,(H,28,32)/t18-,21-,22+,23-/m1/s1. The third kappa shape index (κ3) is 6.10. The Bertz CT molecular complexity index is 932. The minimum absolute atomic E-state index is 0.00807. The Hall–Kier alpha value is -3.16. The zero-order valence-corrected chi connectivity index (χ0v) is 21.2. The molecule has 0 spiro atoms. The van der Waals surface area contributed by atoms with Gasteiger partial charge in [-0.3, -0.25) is 24.1 Å². The molecule has 2 aliphatic rings. The summed E-state index contributed by atoms with van der Waals surface area (Å²) < 4.78 is 5.22. The Balaban J connectivity index is 1.76. The smallest absolute Gasteiger partial charge is 0.243 e. The summed E-state index contributed by atoms with van der Waals surface area (Å²) in [6, 6.07) is 6.69. The zero-order chi connectivity index (χ0) is 25.5. The second kappa shape index (κ2) is 12.0. The number of rotatable bonds is 11. The minimum Gasteiger partial charge on any atom is -0.497 e. The number of benzene rings is 1. The summed E-state index contributed by atoms with van der Waals surface area (Å²) >= 11 is 0. The number of methoxy groups -OCH3 is 1. The van der Waals surface area contributed by atoms with E-state index in [9.17, 15) is 19.2 Å². The molecule has 1 aromatic rings. The van der Waals surface area contributed by atoms with Crippen LogP contribution in [0.2, 0.25) is 0 Å². The lowest BCUT2D eigenvalue weighted by molar-refractivity contribution is -0.144. The fourth-order valence-electron chi connectivity index (χ4n) is 4.73. The predicted octanol–water partition coefficient (Wildman–Crippen LogP) is 3.06. The largest absolute Gasteiger partial charge is 0.497 e. The predicted molar refractivity (Wildman–Crippen MR) is 132 cm³/mol. The van der Waals surface area contributed by atoms with Gasteiger partial charge in [-0.15, -0.1) is 0 Å². The molecule has 1 heterocycles. The Labute approximate surface area is 207 Å². The molecule has 3 rings (SSSR count). The Morgan fingerprint density at radius 3 is 2.17 bits per heavy atom. The maximum atomic E-state index is 13.5. The number of carbonyl (C=O) groups is 4. The highest BCUT2D eigenvalue weighted by Crippen LogP contribution is 2.35. The number of hydrogen-bond donors (Lipinski definition) is 1. The lowest BCUT2D eigenvalue weighted by Crippen LogP contribution is -2.51. The number of nitrogens with zero attached hydrogens (tertiary/aromatic N) is 2. The van der Waals surface area contributed by atoms with Crippen LogP contribution in [0.5, 0.6) is 5.75 Å². The average molecular weight is 484 g/mol. The van der Waals surface area contributed by atoms with Crippen molar-refractivity contribution in [1.82, 2.24) is 15.1 Å². The van der Waals surface area contributed by atoms with E-state index in [0.717, 1.165) is 12.0 Å². The number of likely N-dealkylation sites (tertiary alicyclic amines) is 1. The first-order chi connectivity index (χ1) is 16.8. The molecule has 1 aliphatic carbocycles. The van der Waals surface area contributed by atoms with E-state index in [-0.39, 0.29) is 61.0 Å². The summed E-state index contributed by atoms with van der Waals surface area (Å²) in [7, 11) is 1.59. The van der Waals surface area contributed by atoms with Gasteiger partial charge in [0, 0.05) is 25.6 Å². The molecule has 1 fully saturated rings. The fourth-order valence-corrected chi connectivity index (χ4v) is 4.73. The van der Waals surface area contributed by atoms with E-state index in [2.05, 4.69) is 5.32 Å². The highest BCUT2D eigenvalue weighted by Gasteiger charge is 2.47. The van der Waals surface area contributed by atoms with Gasteiger partial charge in [0.25, 0.3) is 0 Å². The van der Waals surface area contributed by atoms with Crippen LogP contribution in [0, 0.1) is 11.8 Å². The number of nitrogens with one attached hydrogen (secondary N) is 1. The zero-order valence-electron chi connectivity index (χ0n) is 21.2. The number of hydrogen-bond acceptors (Lipinski definition) is 5. The lowest BCUT2D eigenvalue weighted by atomic mass is 9.85. The topological polar surface area (TPSA) is 96.0 Å². The van der Waals surface area contributed by atoms with Gasteiger partial charge in [0.2, 0.25) is 23.6 Å². The number of fused-ring (bicyclic) bond motifs is 1. The van der Waals surface area contributed by atoms with E-state index < -0.39 is 6.04 Å². The second-order valence-electron chi connectivity index (χ2n) is 9.35. The molecule has 0 aromatic heterocycles. The van der Waals surface area contributed by atoms with Crippen LogP contribution >= 0.6 is 0 Å². The van der Waals surface area contributed by atoms with E-state index in [1.165, 1.54) is 4.90 Å². The molecule has 190 valence electrons. The molecule has 1 saturated heterocycles. The number of imide groups is 1. The first-order valence-electron chi connectivity index (χ1n) is 12.5. The normalized spacial score (nSPS) is 20.9. The summed E-state index contributed by atoms with van der Waals surface area (Å²) in [6.45, 7) is 6.07. The van der Waals surface area contributed by atoms with Crippen molar-refractivity contribution in [2.45, 2.75) is 71.5 Å². The third-order valence-electron chi connectivity index (χ3n) is 7.05. The second-order valence-corrected chi connectivity index (χ2v) is 9.35. The van der Waals surface area contributed by atoms with Gasteiger partial charge >= 0.3 is 0 Å². The van der Waals surface area contributed by atoms with Gasteiger partial charge in [-0.2, -0.15) is 0 Å². The molecule has 8 heteroatoms. The molecule has 8 nitrogen and oxygen atoms in total. The van der Waals surface area contributed by atoms with Crippen LogP contribution in [0.15, 0.2) is 36.4 Å². The van der Waals surface area contributed by atoms with Crippen molar-refractivity contribution in [3.05, 3.63) is 42.0 Å². The quantitative estimate of drug-likeness (QED) is 0.386. The lowest BCUT2D eigenvalue weighted by Gasteiger charge is -2.32. The van der Waals surface area contributed by atoms with Gasteiger partial charge in [-0.05, 0) is 50.3 Å². The van der Waals surface area contributed by atoms with Crippen LogP contribution in [0.3, 0.4) is 0 Å². The number of allylic oxidation sites excluding steroid dienone is 2. The van der Waals surface area contributed by atoms with Gasteiger partial charge in [-0.1, -0.05) is 38.1 Å². The summed E-state index contributed by atoms with van der Waals surface area (Å²) in [4.78, 5) is 55.0. The SMILES string of the molecule is CC[C@@H](C)NC(=O)[C@@H](CC)N(Cc1ccc(OC)cc1)C(=O)CCN1C(=O)[C@H]2CC=CC[C@H]2C1=O. The first kappa shape index (κ1) is 26.4. The molecule has 4 amide bonds. The van der Waals surface area contributed by atoms with Crippen LogP contribution < -0.4 is 10.1 Å². The molecule has 1 aromatic carbocycles. The van der Waals surface area contributed by atoms with E-state index in [0.29, 0.717) is 25.0 Å². The van der Waals surface area contributed by atoms with Crippen LogP contribution in [0.1, 0.15) is 58.4 Å². The molecular formula is C27H37N3O5. The van der Waals surface area contributed by atoms with Crippen LogP contribution in [-0.2, 0) is 25.7 Å². The molecule has 0 saturated carbocycles. The number of carbonyl (C=O) groups excluding carboxylic acids is 4. The van der Waals surface area contributed by atoms with Crippen LogP contribution in [0.4, 0.5) is 0 Å². The molecule has 0 radical (unpaired) electrons. The van der Waals surface area contributed by atoms with E-state index in [4.69, 9.17) is 4.74 Å². The van der Waals surface area contributed by atoms with Gasteiger partial charge < -0.3 is 15.0 Å². The molecule has 1 N–H and O–H groups in total. The minimum atomic E-state index is -0.657. The fraction of sp³-hybridized carbons (Fsp3) is 0.556. The van der Waals surface area contributed by atoms with Crippen molar-refractivity contribution in [2.75, 3.05) is 13.7 Å². The Morgan fingerprint density at radius 1 is 1.06 bits per heavy atom. The third-order valence-corrected chi connectivity index (χ3v) is 7.05. The number of amides is 4. The van der Waals surface area contributed by atoms with Crippen LogP contribution in [0.25, 0.3) is 0 Å². The van der Waals surface area contributed by atoms with E-state index in [1.807, 2.05) is 57.2 Å². The molecule has 35 heavy (non-hydrogen) atoms. The van der Waals surface area contributed by atoms with E-state index in [1.54, 1.807) is 12.0 Å². The summed E-state index contributed by atoms with van der Waals surface area (Å²) in [5.74, 6) is -0.781. The summed E-state index contributed by atoms with van der Waals surface area (Å²) in [5, 5.41) is 2.99. The maximum Gasteiger partial charge on any atom is 0.243 e. The number of ether oxygens (including phenoxy) is 1. The molecule has 0 bridgehead atoms. The van der Waals surface area contributed by atoms with Gasteiger partial charge in [0.05, 0.1) is 18.9 Å². The first-order valence-corrected chi connectivity index (χ1v) is 12.5. The summed E-state index contributed by atoms with van der Waals surface area (Å²) in [5.41, 5.74) is 0.861. The van der Waals surface area contributed by atoms with Crippen molar-refractivity contribution in [1.29, 1.82) is 0 Å². The highest BCUT2D eigenvalue weighted by molar-refractivity contribution is 6.05. The van der Waals surface area contributed by atoms with E-state index >= 15 is 0 Å². The van der Waals surface area contributed by atoms with Crippen LogP contribution in [-0.4, -0.2) is 59.2 Å². The molecule has 4 atom stereocenters. The van der Waals surface area contributed by atoms with Gasteiger partial charge in [0.1, 0.15) is 11.8 Å². The van der Waals surface area contributed by atoms with Crippen molar-refractivity contribution in [2.24, 2.45) is 11.8 Å². The molecule has 1 aliphatic heterocycles. The Kier molecular flexibility index (Phi) is 9.07.